The highest BCUT2D eigenvalue weighted by Crippen LogP contribution is 2.16. The molecule has 2 amide bonds. The van der Waals surface area contributed by atoms with Gasteiger partial charge in [0.05, 0.1) is 19.7 Å². The number of nitriles is 1. The van der Waals surface area contributed by atoms with Gasteiger partial charge in [-0.2, -0.15) is 5.26 Å². The third kappa shape index (κ3) is 5.07. The summed E-state index contributed by atoms with van der Waals surface area (Å²) in [6, 6.07) is 8.59. The maximum Gasteiger partial charge on any atom is 0.315 e. The molecule has 6 heteroatoms. The molecule has 0 aliphatic carbocycles. The number of benzene rings is 1. The van der Waals surface area contributed by atoms with Crippen LogP contribution in [0.15, 0.2) is 24.3 Å². The minimum Gasteiger partial charge on any atom is -0.497 e. The zero-order valence-corrected chi connectivity index (χ0v) is 10.1. The zero-order chi connectivity index (χ0) is 13.2. The summed E-state index contributed by atoms with van der Waals surface area (Å²) < 4.78 is 10.4. The summed E-state index contributed by atoms with van der Waals surface area (Å²) in [6.45, 7) is 0.709. The van der Waals surface area contributed by atoms with Crippen molar-refractivity contribution >= 4 is 6.03 Å². The van der Waals surface area contributed by atoms with Crippen LogP contribution >= 0.6 is 0 Å². The molecule has 0 aromatic heterocycles. The van der Waals surface area contributed by atoms with Gasteiger partial charge >= 0.3 is 6.03 Å². The van der Waals surface area contributed by atoms with Gasteiger partial charge in [0.2, 0.25) is 0 Å². The molecule has 0 fully saturated rings. The van der Waals surface area contributed by atoms with Crippen LogP contribution in [0.25, 0.3) is 0 Å². The second-order valence-electron chi connectivity index (χ2n) is 3.29. The Hall–Kier alpha value is -2.42. The smallest absolute Gasteiger partial charge is 0.315 e. The Bertz CT molecular complexity index is 412. The fourth-order valence-corrected chi connectivity index (χ4v) is 1.19. The first-order chi connectivity index (χ1) is 8.76. The Kier molecular flexibility index (Phi) is 5.90. The molecule has 0 spiro atoms. The number of carbonyl (C=O) groups is 1. The average molecular weight is 249 g/mol. The summed E-state index contributed by atoms with van der Waals surface area (Å²) in [5.41, 5.74) is 0. The minimum absolute atomic E-state index is 0.00876. The molecular weight excluding hydrogens is 234 g/mol. The van der Waals surface area contributed by atoms with Gasteiger partial charge in [0.1, 0.15) is 24.7 Å². The van der Waals surface area contributed by atoms with Crippen LogP contribution in [0.2, 0.25) is 0 Å². The topological polar surface area (TPSA) is 83.4 Å². The number of amides is 2. The average Bonchev–Trinajstić information content (AvgIpc) is 2.42. The van der Waals surface area contributed by atoms with Gasteiger partial charge in [0.25, 0.3) is 0 Å². The van der Waals surface area contributed by atoms with E-state index < -0.39 is 0 Å². The number of carbonyl (C=O) groups excluding carboxylic acids is 1. The molecule has 1 aromatic rings. The van der Waals surface area contributed by atoms with Crippen molar-refractivity contribution in [2.24, 2.45) is 0 Å². The Morgan fingerprint density at radius 1 is 1.28 bits per heavy atom. The Morgan fingerprint density at radius 3 is 2.56 bits per heavy atom. The summed E-state index contributed by atoms with van der Waals surface area (Å²) in [5, 5.41) is 13.2. The predicted molar refractivity (Wildman–Crippen MR) is 65.5 cm³/mol. The van der Waals surface area contributed by atoms with E-state index in [-0.39, 0.29) is 12.6 Å². The Labute approximate surface area is 106 Å². The molecule has 0 bridgehead atoms. The molecule has 0 unspecified atom stereocenters. The molecule has 6 nitrogen and oxygen atoms in total. The van der Waals surface area contributed by atoms with E-state index in [9.17, 15) is 4.79 Å². The molecule has 0 radical (unpaired) electrons. The molecular formula is C12H15N3O3. The lowest BCUT2D eigenvalue weighted by molar-refractivity contribution is 0.237. The lowest BCUT2D eigenvalue weighted by Crippen LogP contribution is -2.37. The maximum absolute atomic E-state index is 11.1. The van der Waals surface area contributed by atoms with Gasteiger partial charge in [0.15, 0.2) is 0 Å². The van der Waals surface area contributed by atoms with Crippen molar-refractivity contribution in [3.05, 3.63) is 24.3 Å². The van der Waals surface area contributed by atoms with Crippen LogP contribution in [0.1, 0.15) is 0 Å². The van der Waals surface area contributed by atoms with Crippen molar-refractivity contribution in [3.63, 3.8) is 0 Å². The number of urea groups is 1. The normalized spacial score (nSPS) is 9.11. The van der Waals surface area contributed by atoms with E-state index in [0.29, 0.717) is 18.9 Å². The van der Waals surface area contributed by atoms with Crippen molar-refractivity contribution in [1.82, 2.24) is 10.6 Å². The van der Waals surface area contributed by atoms with Crippen molar-refractivity contribution in [3.8, 4) is 17.6 Å². The van der Waals surface area contributed by atoms with Crippen molar-refractivity contribution in [2.45, 2.75) is 0 Å². The van der Waals surface area contributed by atoms with E-state index in [0.717, 1.165) is 5.75 Å². The molecule has 1 rings (SSSR count). The lowest BCUT2D eigenvalue weighted by Gasteiger charge is -2.08. The first kappa shape index (κ1) is 13.6. The monoisotopic (exact) mass is 249 g/mol. The molecule has 2 N–H and O–H groups in total. The third-order valence-electron chi connectivity index (χ3n) is 2.04. The van der Waals surface area contributed by atoms with E-state index >= 15 is 0 Å². The lowest BCUT2D eigenvalue weighted by atomic mass is 10.3. The summed E-state index contributed by atoms with van der Waals surface area (Å²) in [6.07, 6.45) is 0. The highest BCUT2D eigenvalue weighted by atomic mass is 16.5. The highest BCUT2D eigenvalue weighted by molar-refractivity contribution is 5.73. The van der Waals surface area contributed by atoms with Crippen LogP contribution in [0.4, 0.5) is 4.79 Å². The van der Waals surface area contributed by atoms with Crippen LogP contribution in [0.3, 0.4) is 0 Å². The van der Waals surface area contributed by atoms with Crippen molar-refractivity contribution < 1.29 is 14.3 Å². The Balaban J connectivity index is 2.17. The summed E-state index contributed by atoms with van der Waals surface area (Å²) in [7, 11) is 1.60. The second kappa shape index (κ2) is 7.79. The standard InChI is InChI=1S/C12H15N3O3/c1-17-10-2-4-11(5-3-10)18-9-8-15-12(16)14-7-6-13/h2-5H,7-9H2,1H3,(H2,14,15,16). The van der Waals surface area contributed by atoms with Gasteiger partial charge < -0.3 is 20.1 Å². The number of rotatable bonds is 6. The van der Waals surface area contributed by atoms with E-state index in [4.69, 9.17) is 14.7 Å². The minimum atomic E-state index is -0.380. The predicted octanol–water partition coefficient (Wildman–Crippen LogP) is 0.897. The zero-order valence-electron chi connectivity index (χ0n) is 10.1. The molecule has 0 aliphatic rings. The van der Waals surface area contributed by atoms with E-state index in [1.165, 1.54) is 0 Å². The first-order valence-electron chi connectivity index (χ1n) is 5.41. The van der Waals surface area contributed by atoms with Gasteiger partial charge in [-0.25, -0.2) is 4.79 Å². The number of hydrogen-bond donors (Lipinski definition) is 2. The number of ether oxygens (including phenoxy) is 2. The molecule has 0 saturated heterocycles. The van der Waals surface area contributed by atoms with Crippen LogP contribution in [0.5, 0.6) is 11.5 Å². The molecule has 18 heavy (non-hydrogen) atoms. The van der Waals surface area contributed by atoms with Gasteiger partial charge in [-0.1, -0.05) is 0 Å². The number of nitrogens with one attached hydrogen (secondary N) is 2. The van der Waals surface area contributed by atoms with Crippen LogP contribution < -0.4 is 20.1 Å². The van der Waals surface area contributed by atoms with Crippen molar-refractivity contribution in [1.29, 1.82) is 5.26 Å². The van der Waals surface area contributed by atoms with Gasteiger partial charge in [-0.3, -0.25) is 0 Å². The Morgan fingerprint density at radius 2 is 1.94 bits per heavy atom. The third-order valence-corrected chi connectivity index (χ3v) is 2.04. The van der Waals surface area contributed by atoms with E-state index in [1.807, 2.05) is 6.07 Å². The quantitative estimate of drug-likeness (QED) is 0.579. The molecule has 1 aromatic carbocycles. The highest BCUT2D eigenvalue weighted by Gasteiger charge is 1.98. The first-order valence-corrected chi connectivity index (χ1v) is 5.41. The molecule has 0 heterocycles. The molecule has 0 aliphatic heterocycles. The van der Waals surface area contributed by atoms with Crippen LogP contribution in [0, 0.1) is 11.3 Å². The fourth-order valence-electron chi connectivity index (χ4n) is 1.19. The van der Waals surface area contributed by atoms with E-state index in [2.05, 4.69) is 10.6 Å². The number of hydrogen-bond acceptors (Lipinski definition) is 4. The molecule has 0 saturated carbocycles. The summed E-state index contributed by atoms with van der Waals surface area (Å²) in [5.74, 6) is 1.46. The molecule has 96 valence electrons. The summed E-state index contributed by atoms with van der Waals surface area (Å²) in [4.78, 5) is 11.1. The molecule has 0 atom stereocenters. The van der Waals surface area contributed by atoms with Gasteiger partial charge in [-0.05, 0) is 24.3 Å². The fraction of sp³-hybridized carbons (Fsp3) is 0.333. The SMILES string of the molecule is COc1ccc(OCCNC(=O)NCC#N)cc1. The maximum atomic E-state index is 11.1. The van der Waals surface area contributed by atoms with E-state index in [1.54, 1.807) is 31.4 Å². The van der Waals surface area contributed by atoms with Crippen LogP contribution in [-0.4, -0.2) is 32.8 Å². The number of nitrogens with zero attached hydrogens (tertiary/aromatic N) is 1. The van der Waals surface area contributed by atoms with Gasteiger partial charge in [-0.15, -0.1) is 0 Å². The largest absolute Gasteiger partial charge is 0.497 e. The van der Waals surface area contributed by atoms with Crippen molar-refractivity contribution in [2.75, 3.05) is 26.8 Å². The summed E-state index contributed by atoms with van der Waals surface area (Å²) >= 11 is 0. The number of methoxy groups -OCH3 is 1. The second-order valence-corrected chi connectivity index (χ2v) is 3.29. The van der Waals surface area contributed by atoms with Gasteiger partial charge in [0, 0.05) is 0 Å². The van der Waals surface area contributed by atoms with Crippen LogP contribution in [-0.2, 0) is 0 Å².